The van der Waals surface area contributed by atoms with E-state index in [0.29, 0.717) is 6.04 Å². The Balaban J connectivity index is 2.01. The molecule has 1 unspecified atom stereocenters. The first kappa shape index (κ1) is 14.5. The summed E-state index contributed by atoms with van der Waals surface area (Å²) in [5.74, 6) is 0. The SMILES string of the molecule is CCC1CN(Cc2ccccc2CCN)CCN1C. The predicted octanol–water partition coefficient (Wildman–Crippen LogP) is 1.71. The van der Waals surface area contributed by atoms with E-state index in [2.05, 4.69) is 48.0 Å². The molecule has 3 nitrogen and oxygen atoms in total. The van der Waals surface area contributed by atoms with Crippen LogP contribution in [0.5, 0.6) is 0 Å². The van der Waals surface area contributed by atoms with Gasteiger partial charge >= 0.3 is 0 Å². The van der Waals surface area contributed by atoms with Gasteiger partial charge < -0.3 is 10.6 Å². The van der Waals surface area contributed by atoms with E-state index in [0.717, 1.165) is 19.5 Å². The lowest BCUT2D eigenvalue weighted by atomic mass is 10.0. The summed E-state index contributed by atoms with van der Waals surface area (Å²) >= 11 is 0. The van der Waals surface area contributed by atoms with E-state index in [1.165, 1.54) is 37.2 Å². The summed E-state index contributed by atoms with van der Waals surface area (Å²) in [6, 6.07) is 9.44. The molecule has 0 amide bonds. The topological polar surface area (TPSA) is 32.5 Å². The van der Waals surface area contributed by atoms with Crippen molar-refractivity contribution in [3.05, 3.63) is 35.4 Å². The van der Waals surface area contributed by atoms with Crippen LogP contribution in [0.15, 0.2) is 24.3 Å². The van der Waals surface area contributed by atoms with Crippen molar-refractivity contribution < 1.29 is 0 Å². The summed E-state index contributed by atoms with van der Waals surface area (Å²) in [5.41, 5.74) is 8.57. The van der Waals surface area contributed by atoms with Crippen LogP contribution in [0.25, 0.3) is 0 Å². The van der Waals surface area contributed by atoms with Crippen molar-refractivity contribution in [1.82, 2.24) is 9.80 Å². The molecule has 1 aliphatic rings. The first-order valence-corrected chi connectivity index (χ1v) is 7.44. The third-order valence-electron chi connectivity index (χ3n) is 4.26. The quantitative estimate of drug-likeness (QED) is 0.876. The second kappa shape index (κ2) is 7.04. The lowest BCUT2D eigenvalue weighted by Crippen LogP contribution is -2.50. The van der Waals surface area contributed by atoms with Crippen molar-refractivity contribution in [2.24, 2.45) is 5.73 Å². The Bertz CT molecular complexity index is 391. The fourth-order valence-electron chi connectivity index (χ4n) is 2.95. The Labute approximate surface area is 117 Å². The number of nitrogens with two attached hydrogens (primary N) is 1. The summed E-state index contributed by atoms with van der Waals surface area (Å²) in [5, 5.41) is 0. The Kier molecular flexibility index (Phi) is 5.37. The number of nitrogens with zero attached hydrogens (tertiary/aromatic N) is 2. The highest BCUT2D eigenvalue weighted by molar-refractivity contribution is 5.27. The van der Waals surface area contributed by atoms with Crippen LogP contribution >= 0.6 is 0 Å². The molecule has 1 aromatic rings. The molecule has 0 spiro atoms. The van der Waals surface area contributed by atoms with Crippen LogP contribution in [0.1, 0.15) is 24.5 Å². The summed E-state index contributed by atoms with van der Waals surface area (Å²) in [7, 11) is 2.24. The zero-order valence-corrected chi connectivity index (χ0v) is 12.3. The average Bonchev–Trinajstić information content (AvgIpc) is 2.43. The van der Waals surface area contributed by atoms with Crippen LogP contribution in [0, 0.1) is 0 Å². The standard InChI is InChI=1S/C16H27N3/c1-3-16-13-19(11-10-18(16)2)12-15-7-5-4-6-14(15)8-9-17/h4-7,16H,3,8-13,17H2,1-2H3. The summed E-state index contributed by atoms with van der Waals surface area (Å²) < 4.78 is 0. The zero-order chi connectivity index (χ0) is 13.7. The van der Waals surface area contributed by atoms with Gasteiger partial charge in [0.25, 0.3) is 0 Å². The van der Waals surface area contributed by atoms with E-state index >= 15 is 0 Å². The molecule has 1 aliphatic heterocycles. The van der Waals surface area contributed by atoms with Gasteiger partial charge in [0, 0.05) is 32.2 Å². The molecule has 0 aromatic heterocycles. The lowest BCUT2D eigenvalue weighted by molar-refractivity contribution is 0.0882. The molecule has 1 heterocycles. The summed E-state index contributed by atoms with van der Waals surface area (Å²) in [6.07, 6.45) is 2.22. The van der Waals surface area contributed by atoms with E-state index in [1.54, 1.807) is 0 Å². The van der Waals surface area contributed by atoms with Crippen LogP contribution in [-0.2, 0) is 13.0 Å². The van der Waals surface area contributed by atoms with Gasteiger partial charge in [-0.2, -0.15) is 0 Å². The summed E-state index contributed by atoms with van der Waals surface area (Å²) in [6.45, 7) is 7.62. The van der Waals surface area contributed by atoms with Crippen LogP contribution < -0.4 is 5.73 Å². The molecular formula is C16H27N3. The Morgan fingerprint density at radius 1 is 1.21 bits per heavy atom. The van der Waals surface area contributed by atoms with Crippen molar-refractivity contribution in [2.45, 2.75) is 32.4 Å². The van der Waals surface area contributed by atoms with Crippen LogP contribution in [0.4, 0.5) is 0 Å². The molecule has 19 heavy (non-hydrogen) atoms. The molecule has 1 fully saturated rings. The van der Waals surface area contributed by atoms with Gasteiger partial charge in [0.05, 0.1) is 0 Å². The summed E-state index contributed by atoms with van der Waals surface area (Å²) in [4.78, 5) is 5.08. The van der Waals surface area contributed by atoms with Crippen LogP contribution in [0.3, 0.4) is 0 Å². The first-order chi connectivity index (χ1) is 9.24. The predicted molar refractivity (Wildman–Crippen MR) is 81.2 cm³/mol. The fourth-order valence-corrected chi connectivity index (χ4v) is 2.95. The molecule has 0 bridgehead atoms. The van der Waals surface area contributed by atoms with Gasteiger partial charge in [-0.3, -0.25) is 4.90 Å². The number of benzene rings is 1. The highest BCUT2D eigenvalue weighted by atomic mass is 15.3. The number of piperazine rings is 1. The van der Waals surface area contributed by atoms with Gasteiger partial charge in [0.1, 0.15) is 0 Å². The van der Waals surface area contributed by atoms with Gasteiger partial charge in [-0.05, 0) is 37.6 Å². The van der Waals surface area contributed by atoms with Gasteiger partial charge in [-0.25, -0.2) is 0 Å². The number of rotatable bonds is 5. The molecule has 2 N–H and O–H groups in total. The highest BCUT2D eigenvalue weighted by Crippen LogP contribution is 2.16. The van der Waals surface area contributed by atoms with E-state index in [4.69, 9.17) is 5.73 Å². The third kappa shape index (κ3) is 3.78. The maximum Gasteiger partial charge on any atom is 0.0237 e. The molecule has 0 aliphatic carbocycles. The minimum absolute atomic E-state index is 0.704. The molecule has 1 atom stereocenters. The zero-order valence-electron chi connectivity index (χ0n) is 12.3. The minimum Gasteiger partial charge on any atom is -0.330 e. The van der Waals surface area contributed by atoms with Crippen LogP contribution in [-0.4, -0.2) is 49.1 Å². The second-order valence-corrected chi connectivity index (χ2v) is 5.59. The molecule has 1 aromatic carbocycles. The molecule has 0 saturated carbocycles. The molecular weight excluding hydrogens is 234 g/mol. The van der Waals surface area contributed by atoms with Gasteiger partial charge in [-0.15, -0.1) is 0 Å². The molecule has 106 valence electrons. The third-order valence-corrected chi connectivity index (χ3v) is 4.26. The first-order valence-electron chi connectivity index (χ1n) is 7.44. The van der Waals surface area contributed by atoms with Gasteiger partial charge in [0.15, 0.2) is 0 Å². The molecule has 0 radical (unpaired) electrons. The maximum absolute atomic E-state index is 5.70. The number of hydrogen-bond acceptors (Lipinski definition) is 3. The largest absolute Gasteiger partial charge is 0.330 e. The molecule has 2 rings (SSSR count). The fraction of sp³-hybridized carbons (Fsp3) is 0.625. The van der Waals surface area contributed by atoms with Crippen molar-refractivity contribution in [3.63, 3.8) is 0 Å². The van der Waals surface area contributed by atoms with E-state index in [9.17, 15) is 0 Å². The highest BCUT2D eigenvalue weighted by Gasteiger charge is 2.22. The minimum atomic E-state index is 0.704. The van der Waals surface area contributed by atoms with Gasteiger partial charge in [-0.1, -0.05) is 31.2 Å². The van der Waals surface area contributed by atoms with Gasteiger partial charge in [0.2, 0.25) is 0 Å². The molecule has 1 saturated heterocycles. The average molecular weight is 261 g/mol. The van der Waals surface area contributed by atoms with E-state index < -0.39 is 0 Å². The maximum atomic E-state index is 5.70. The van der Waals surface area contributed by atoms with E-state index in [-0.39, 0.29) is 0 Å². The normalized spacial score (nSPS) is 21.7. The number of hydrogen-bond donors (Lipinski definition) is 1. The Morgan fingerprint density at radius 2 is 1.95 bits per heavy atom. The van der Waals surface area contributed by atoms with E-state index in [1.807, 2.05) is 0 Å². The molecule has 3 heteroatoms. The van der Waals surface area contributed by atoms with Crippen molar-refractivity contribution in [1.29, 1.82) is 0 Å². The Hall–Kier alpha value is -0.900. The van der Waals surface area contributed by atoms with Crippen molar-refractivity contribution in [3.8, 4) is 0 Å². The van der Waals surface area contributed by atoms with Crippen molar-refractivity contribution in [2.75, 3.05) is 33.2 Å². The smallest absolute Gasteiger partial charge is 0.0237 e. The lowest BCUT2D eigenvalue weighted by Gasteiger charge is -2.39. The number of likely N-dealkylation sites (N-methyl/N-ethyl adjacent to an activating group) is 1. The monoisotopic (exact) mass is 261 g/mol. The second-order valence-electron chi connectivity index (χ2n) is 5.59. The van der Waals surface area contributed by atoms with Crippen LogP contribution in [0.2, 0.25) is 0 Å². The Morgan fingerprint density at radius 3 is 2.63 bits per heavy atom. The van der Waals surface area contributed by atoms with Crippen molar-refractivity contribution >= 4 is 0 Å².